The highest BCUT2D eigenvalue weighted by molar-refractivity contribution is 14.0. The Bertz CT molecular complexity index is 433. The van der Waals surface area contributed by atoms with Crippen LogP contribution in [0.4, 0.5) is 0 Å². The highest BCUT2D eigenvalue weighted by Gasteiger charge is 2.15. The second kappa shape index (κ2) is 10.3. The molecule has 4 nitrogen and oxygen atoms in total. The monoisotopic (exact) mass is 421 g/mol. The molecule has 1 heterocycles. The van der Waals surface area contributed by atoms with Gasteiger partial charge in [0, 0.05) is 31.6 Å². The third-order valence-electron chi connectivity index (χ3n) is 3.36. The van der Waals surface area contributed by atoms with Crippen LogP contribution in [0.1, 0.15) is 18.4 Å². The van der Waals surface area contributed by atoms with Crippen LogP contribution < -0.4 is 10.6 Å². The van der Waals surface area contributed by atoms with Gasteiger partial charge in [-0.3, -0.25) is 4.99 Å². The lowest BCUT2D eigenvalue weighted by Crippen LogP contribution is -2.40. The first-order valence-electron chi connectivity index (χ1n) is 7.01. The van der Waals surface area contributed by atoms with Gasteiger partial charge in [0.05, 0.1) is 6.10 Å². The van der Waals surface area contributed by atoms with E-state index in [0.29, 0.717) is 6.10 Å². The summed E-state index contributed by atoms with van der Waals surface area (Å²) in [4.78, 5) is 5.52. The second-order valence-electron chi connectivity index (χ2n) is 4.79. The van der Waals surface area contributed by atoms with Crippen molar-refractivity contribution in [3.05, 3.63) is 29.8 Å². The van der Waals surface area contributed by atoms with Gasteiger partial charge in [-0.15, -0.1) is 35.7 Å². The number of nitrogens with one attached hydrogen (secondary N) is 2. The maximum absolute atomic E-state index is 5.59. The summed E-state index contributed by atoms with van der Waals surface area (Å²) in [6.45, 7) is 2.49. The van der Waals surface area contributed by atoms with E-state index < -0.39 is 0 Å². The fraction of sp³-hybridized carbons (Fsp3) is 0.533. The Kier molecular flexibility index (Phi) is 9.10. The second-order valence-corrected chi connectivity index (χ2v) is 5.67. The molecule has 0 spiro atoms. The molecule has 0 amide bonds. The van der Waals surface area contributed by atoms with Crippen molar-refractivity contribution in [3.63, 3.8) is 0 Å². The average molecular weight is 421 g/mol. The van der Waals surface area contributed by atoms with Gasteiger partial charge in [-0.25, -0.2) is 0 Å². The topological polar surface area (TPSA) is 45.7 Å². The van der Waals surface area contributed by atoms with Crippen molar-refractivity contribution in [3.8, 4) is 0 Å². The predicted molar refractivity (Wildman–Crippen MR) is 101 cm³/mol. The Hall–Kier alpha value is -0.470. The SMILES string of the molecule is CN=C(NCc1ccc(SC)cc1)NCC1CCCO1.I. The number of ether oxygens (including phenoxy) is 1. The molecule has 6 heteroatoms. The molecule has 1 aromatic rings. The summed E-state index contributed by atoms with van der Waals surface area (Å²) in [6, 6.07) is 8.58. The number of guanidine groups is 1. The molecule has 1 unspecified atom stereocenters. The quantitative estimate of drug-likeness (QED) is 0.332. The van der Waals surface area contributed by atoms with Gasteiger partial charge in [0.15, 0.2) is 5.96 Å². The Morgan fingerprint density at radius 2 is 2.10 bits per heavy atom. The van der Waals surface area contributed by atoms with Crippen LogP contribution in [0.2, 0.25) is 0 Å². The highest BCUT2D eigenvalue weighted by atomic mass is 127. The molecule has 118 valence electrons. The molecule has 1 fully saturated rings. The number of thioether (sulfide) groups is 1. The molecule has 0 aromatic heterocycles. The van der Waals surface area contributed by atoms with Crippen molar-refractivity contribution in [2.45, 2.75) is 30.4 Å². The Morgan fingerprint density at radius 3 is 2.67 bits per heavy atom. The largest absolute Gasteiger partial charge is 0.376 e. The van der Waals surface area contributed by atoms with Gasteiger partial charge < -0.3 is 15.4 Å². The van der Waals surface area contributed by atoms with E-state index in [4.69, 9.17) is 4.74 Å². The van der Waals surface area contributed by atoms with Gasteiger partial charge in [0.25, 0.3) is 0 Å². The fourth-order valence-corrected chi connectivity index (χ4v) is 2.57. The third-order valence-corrected chi connectivity index (χ3v) is 4.11. The lowest BCUT2D eigenvalue weighted by atomic mass is 10.2. The van der Waals surface area contributed by atoms with E-state index in [-0.39, 0.29) is 24.0 Å². The molecule has 2 N–H and O–H groups in total. The normalized spacial score (nSPS) is 18.2. The summed E-state index contributed by atoms with van der Waals surface area (Å²) in [5.41, 5.74) is 1.25. The van der Waals surface area contributed by atoms with Crippen LogP contribution in [-0.4, -0.2) is 38.5 Å². The number of hydrogen-bond donors (Lipinski definition) is 2. The van der Waals surface area contributed by atoms with Crippen molar-refractivity contribution in [1.82, 2.24) is 10.6 Å². The summed E-state index contributed by atoms with van der Waals surface area (Å²) >= 11 is 1.76. The number of rotatable bonds is 5. The van der Waals surface area contributed by atoms with Gasteiger partial charge in [-0.05, 0) is 36.8 Å². The summed E-state index contributed by atoms with van der Waals surface area (Å²) in [5.74, 6) is 0.828. The number of hydrogen-bond acceptors (Lipinski definition) is 3. The molecule has 1 aliphatic rings. The van der Waals surface area contributed by atoms with Crippen LogP contribution in [0.15, 0.2) is 34.2 Å². The first-order chi connectivity index (χ1) is 9.81. The van der Waals surface area contributed by atoms with Crippen LogP contribution in [0, 0.1) is 0 Å². The fourth-order valence-electron chi connectivity index (χ4n) is 2.17. The lowest BCUT2D eigenvalue weighted by Gasteiger charge is -2.15. The van der Waals surface area contributed by atoms with Gasteiger partial charge >= 0.3 is 0 Å². The number of aliphatic imine (C=N–C) groups is 1. The van der Waals surface area contributed by atoms with Crippen LogP contribution in [0.3, 0.4) is 0 Å². The molecule has 0 aliphatic carbocycles. The van der Waals surface area contributed by atoms with E-state index in [2.05, 4.69) is 46.1 Å². The van der Waals surface area contributed by atoms with Gasteiger partial charge in [0.1, 0.15) is 0 Å². The van der Waals surface area contributed by atoms with Gasteiger partial charge in [-0.1, -0.05) is 12.1 Å². The van der Waals surface area contributed by atoms with Crippen molar-refractivity contribution >= 4 is 41.7 Å². The van der Waals surface area contributed by atoms with Crippen molar-refractivity contribution in [2.75, 3.05) is 26.5 Å². The zero-order chi connectivity index (χ0) is 14.2. The van der Waals surface area contributed by atoms with Crippen molar-refractivity contribution in [2.24, 2.45) is 4.99 Å². The number of nitrogens with zero attached hydrogens (tertiary/aromatic N) is 1. The Balaban J connectivity index is 0.00000220. The summed E-state index contributed by atoms with van der Waals surface area (Å²) in [6.07, 6.45) is 4.72. The lowest BCUT2D eigenvalue weighted by molar-refractivity contribution is 0.114. The maximum atomic E-state index is 5.59. The summed E-state index contributed by atoms with van der Waals surface area (Å²) in [7, 11) is 1.79. The van der Waals surface area contributed by atoms with E-state index in [9.17, 15) is 0 Å². The van der Waals surface area contributed by atoms with Gasteiger partial charge in [-0.2, -0.15) is 0 Å². The van der Waals surface area contributed by atoms with Crippen LogP contribution >= 0.6 is 35.7 Å². The molecule has 0 saturated carbocycles. The van der Waals surface area contributed by atoms with Crippen molar-refractivity contribution in [1.29, 1.82) is 0 Å². The first-order valence-corrected chi connectivity index (χ1v) is 8.23. The third kappa shape index (κ3) is 6.44. The number of benzene rings is 1. The Morgan fingerprint density at radius 1 is 1.33 bits per heavy atom. The first kappa shape index (κ1) is 18.6. The van der Waals surface area contributed by atoms with Crippen molar-refractivity contribution < 1.29 is 4.74 Å². The van der Waals surface area contributed by atoms with E-state index in [0.717, 1.165) is 32.1 Å². The summed E-state index contributed by atoms with van der Waals surface area (Å²) < 4.78 is 5.59. The average Bonchev–Trinajstić information content (AvgIpc) is 3.01. The molecule has 0 bridgehead atoms. The molecule has 2 rings (SSSR count). The van der Waals surface area contributed by atoms with Gasteiger partial charge in [0.2, 0.25) is 0 Å². The molecule has 1 aromatic carbocycles. The molecule has 21 heavy (non-hydrogen) atoms. The van der Waals surface area contributed by atoms with E-state index in [1.165, 1.54) is 16.9 Å². The Labute approximate surface area is 148 Å². The van der Waals surface area contributed by atoms with E-state index >= 15 is 0 Å². The molecular weight excluding hydrogens is 397 g/mol. The summed E-state index contributed by atoms with van der Waals surface area (Å²) in [5, 5.41) is 6.64. The maximum Gasteiger partial charge on any atom is 0.191 e. The minimum absolute atomic E-state index is 0. The van der Waals surface area contributed by atoms with E-state index in [1.807, 2.05) is 0 Å². The standard InChI is InChI=1S/C15H23N3OS.HI/c1-16-15(18-11-13-4-3-9-19-13)17-10-12-5-7-14(20-2)8-6-12;/h5-8,13H,3-4,9-11H2,1-2H3,(H2,16,17,18);1H. The minimum atomic E-state index is 0. The minimum Gasteiger partial charge on any atom is -0.376 e. The molecule has 0 radical (unpaired) electrons. The molecular formula is C15H24IN3OS. The van der Waals surface area contributed by atoms with Crippen LogP contribution in [-0.2, 0) is 11.3 Å². The highest BCUT2D eigenvalue weighted by Crippen LogP contribution is 2.14. The van der Waals surface area contributed by atoms with E-state index in [1.54, 1.807) is 18.8 Å². The zero-order valence-corrected chi connectivity index (χ0v) is 15.7. The molecule has 1 aliphatic heterocycles. The van der Waals surface area contributed by atoms with Crippen LogP contribution in [0.5, 0.6) is 0 Å². The predicted octanol–water partition coefficient (Wildman–Crippen LogP) is 2.87. The molecule has 1 saturated heterocycles. The smallest absolute Gasteiger partial charge is 0.191 e. The molecule has 1 atom stereocenters. The number of halogens is 1. The zero-order valence-electron chi connectivity index (χ0n) is 12.6. The van der Waals surface area contributed by atoms with Crippen LogP contribution in [0.25, 0.3) is 0 Å².